The Labute approximate surface area is 180 Å². The summed E-state index contributed by atoms with van der Waals surface area (Å²) < 4.78 is 19.6. The van der Waals surface area contributed by atoms with Crippen LogP contribution in [-0.2, 0) is 16.0 Å². The zero-order valence-corrected chi connectivity index (χ0v) is 18.2. The van der Waals surface area contributed by atoms with E-state index in [-0.39, 0.29) is 29.6 Å². The molecule has 1 atom stereocenters. The molecule has 0 aliphatic carbocycles. The molecular weight excluding hydrogens is 403 g/mol. The number of nitrogens with one attached hydrogen (secondary N) is 1. The molecule has 1 aromatic carbocycles. The van der Waals surface area contributed by atoms with E-state index in [2.05, 4.69) is 10.2 Å². The van der Waals surface area contributed by atoms with Crippen LogP contribution >= 0.6 is 0 Å². The van der Waals surface area contributed by atoms with Crippen LogP contribution in [0.15, 0.2) is 23.0 Å². The minimum Gasteiger partial charge on any atom is -0.383 e. The molecule has 1 aliphatic rings. The molecule has 0 bridgehead atoms. The van der Waals surface area contributed by atoms with Gasteiger partial charge in [0.15, 0.2) is 0 Å². The van der Waals surface area contributed by atoms with Gasteiger partial charge in [0.1, 0.15) is 12.4 Å². The summed E-state index contributed by atoms with van der Waals surface area (Å²) in [4.78, 5) is 40.2. The molecule has 31 heavy (non-hydrogen) atoms. The van der Waals surface area contributed by atoms with Crippen LogP contribution in [0.25, 0.3) is 0 Å². The average Bonchev–Trinajstić information content (AvgIpc) is 2.75. The van der Waals surface area contributed by atoms with Gasteiger partial charge in [0.25, 0.3) is 11.5 Å². The van der Waals surface area contributed by atoms with Gasteiger partial charge in [-0.15, -0.1) is 0 Å². The predicted octanol–water partition coefficient (Wildman–Crippen LogP) is 1.44. The summed E-state index contributed by atoms with van der Waals surface area (Å²) in [5.41, 5.74) is 2.33. The molecule has 8 nitrogen and oxygen atoms in total. The highest BCUT2D eigenvalue weighted by Gasteiger charge is 2.31. The van der Waals surface area contributed by atoms with Crippen LogP contribution in [0.5, 0.6) is 0 Å². The minimum atomic E-state index is -0.640. The van der Waals surface area contributed by atoms with E-state index in [1.165, 1.54) is 17.0 Å². The number of halogens is 1. The first-order valence-corrected chi connectivity index (χ1v) is 10.1. The van der Waals surface area contributed by atoms with Gasteiger partial charge in [-0.05, 0) is 44.0 Å². The first-order chi connectivity index (χ1) is 14.7. The molecule has 1 saturated heterocycles. The highest BCUT2D eigenvalue weighted by Crippen LogP contribution is 2.19. The number of ether oxygens (including phenoxy) is 1. The van der Waals surface area contributed by atoms with E-state index in [4.69, 9.17) is 4.74 Å². The summed E-state index contributed by atoms with van der Waals surface area (Å²) in [6, 6.07) is 4.23. The smallest absolute Gasteiger partial charge is 0.267 e. The van der Waals surface area contributed by atoms with Gasteiger partial charge in [-0.2, -0.15) is 5.10 Å². The number of aromatic nitrogens is 2. The molecule has 1 aromatic heterocycles. The van der Waals surface area contributed by atoms with Crippen molar-refractivity contribution in [3.63, 3.8) is 0 Å². The molecule has 1 aliphatic heterocycles. The maximum absolute atomic E-state index is 14.5. The first-order valence-electron chi connectivity index (χ1n) is 10.1. The van der Waals surface area contributed by atoms with Gasteiger partial charge in [0.2, 0.25) is 5.91 Å². The second-order valence-electron chi connectivity index (χ2n) is 7.86. The van der Waals surface area contributed by atoms with Gasteiger partial charge in [-0.25, -0.2) is 9.49 Å². The molecule has 0 radical (unpaired) electrons. The van der Waals surface area contributed by atoms with Gasteiger partial charge in [-0.3, -0.25) is 14.4 Å². The van der Waals surface area contributed by atoms with Crippen molar-refractivity contribution in [3.05, 3.63) is 62.3 Å². The Hall–Kier alpha value is -3.07. The molecule has 166 valence electrons. The summed E-state index contributed by atoms with van der Waals surface area (Å²) in [6.07, 6.45) is 0.339. The van der Waals surface area contributed by atoms with Crippen LogP contribution in [0.4, 0.5) is 4.39 Å². The predicted molar refractivity (Wildman–Crippen MR) is 112 cm³/mol. The standard InChI is InChI=1S/C22H27FN4O4/c1-13(12-31-4)27-8-7-26(11-20(27)28)22(30)17-9-16(5-6-18(17)23)10-19-14(2)15(3)21(29)25-24-19/h5-6,9,13H,7-8,10-12H2,1-4H3,(H,25,29). The van der Waals surface area contributed by atoms with Gasteiger partial charge in [-0.1, -0.05) is 6.07 Å². The molecule has 2 heterocycles. The number of carbonyl (C=O) groups is 2. The monoisotopic (exact) mass is 430 g/mol. The summed E-state index contributed by atoms with van der Waals surface area (Å²) in [6.45, 7) is 6.40. The number of benzene rings is 1. The second-order valence-corrected chi connectivity index (χ2v) is 7.86. The number of hydrogen-bond acceptors (Lipinski definition) is 5. The maximum atomic E-state index is 14.5. The molecule has 0 spiro atoms. The number of nitrogens with zero attached hydrogens (tertiary/aromatic N) is 3. The zero-order chi connectivity index (χ0) is 22.7. The number of methoxy groups -OCH3 is 1. The Balaban J connectivity index is 1.78. The lowest BCUT2D eigenvalue weighted by molar-refractivity contribution is -0.138. The van der Waals surface area contributed by atoms with Crippen molar-refractivity contribution >= 4 is 11.8 Å². The summed E-state index contributed by atoms with van der Waals surface area (Å²) >= 11 is 0. The maximum Gasteiger partial charge on any atom is 0.267 e. The number of aromatic amines is 1. The lowest BCUT2D eigenvalue weighted by Crippen LogP contribution is -2.55. The Morgan fingerprint density at radius 3 is 2.68 bits per heavy atom. The van der Waals surface area contributed by atoms with Crippen LogP contribution in [0, 0.1) is 19.7 Å². The lowest BCUT2D eigenvalue weighted by atomic mass is 10.0. The topological polar surface area (TPSA) is 95.6 Å². The Bertz CT molecular complexity index is 1050. The third-order valence-corrected chi connectivity index (χ3v) is 5.75. The van der Waals surface area contributed by atoms with Crippen LogP contribution in [-0.4, -0.2) is 71.2 Å². The van der Waals surface area contributed by atoms with Gasteiger partial charge >= 0.3 is 0 Å². The van der Waals surface area contributed by atoms with E-state index in [1.54, 1.807) is 31.9 Å². The van der Waals surface area contributed by atoms with Crippen LogP contribution in [0.2, 0.25) is 0 Å². The normalized spacial score (nSPS) is 15.3. The Morgan fingerprint density at radius 1 is 1.26 bits per heavy atom. The molecule has 1 fully saturated rings. The van der Waals surface area contributed by atoms with E-state index in [9.17, 15) is 18.8 Å². The van der Waals surface area contributed by atoms with Crippen molar-refractivity contribution < 1.29 is 18.7 Å². The molecule has 1 N–H and O–H groups in total. The molecule has 2 amide bonds. The van der Waals surface area contributed by atoms with Crippen molar-refractivity contribution in [2.75, 3.05) is 33.4 Å². The van der Waals surface area contributed by atoms with E-state index in [0.29, 0.717) is 42.9 Å². The summed E-state index contributed by atoms with van der Waals surface area (Å²) in [5.74, 6) is -1.35. The van der Waals surface area contributed by atoms with Crippen molar-refractivity contribution in [3.8, 4) is 0 Å². The molecule has 3 rings (SSSR count). The van der Waals surface area contributed by atoms with Crippen LogP contribution in [0.1, 0.15) is 39.7 Å². The number of carbonyl (C=O) groups excluding carboxylic acids is 2. The quantitative estimate of drug-likeness (QED) is 0.748. The van der Waals surface area contributed by atoms with Crippen molar-refractivity contribution in [2.45, 2.75) is 33.2 Å². The van der Waals surface area contributed by atoms with E-state index in [1.807, 2.05) is 6.92 Å². The highest BCUT2D eigenvalue weighted by atomic mass is 19.1. The fourth-order valence-corrected chi connectivity index (χ4v) is 3.71. The highest BCUT2D eigenvalue weighted by molar-refractivity contribution is 5.97. The summed E-state index contributed by atoms with van der Waals surface area (Å²) in [5, 5.41) is 6.53. The number of hydrogen-bond donors (Lipinski definition) is 1. The largest absolute Gasteiger partial charge is 0.383 e. The lowest BCUT2D eigenvalue weighted by Gasteiger charge is -2.37. The van der Waals surface area contributed by atoms with Crippen LogP contribution < -0.4 is 5.56 Å². The fraction of sp³-hybridized carbons (Fsp3) is 0.455. The molecule has 2 aromatic rings. The van der Waals surface area contributed by atoms with Gasteiger partial charge in [0.05, 0.1) is 23.9 Å². The first kappa shape index (κ1) is 22.6. The molecule has 9 heteroatoms. The zero-order valence-electron chi connectivity index (χ0n) is 18.2. The molecule has 0 saturated carbocycles. The number of rotatable bonds is 6. The third kappa shape index (κ3) is 4.82. The van der Waals surface area contributed by atoms with Gasteiger partial charge < -0.3 is 14.5 Å². The minimum absolute atomic E-state index is 0.0810. The van der Waals surface area contributed by atoms with Crippen molar-refractivity contribution in [1.82, 2.24) is 20.0 Å². The van der Waals surface area contributed by atoms with E-state index >= 15 is 0 Å². The fourth-order valence-electron chi connectivity index (χ4n) is 3.71. The third-order valence-electron chi connectivity index (χ3n) is 5.75. The Kier molecular flexibility index (Phi) is 6.84. The second kappa shape index (κ2) is 9.38. The van der Waals surface area contributed by atoms with E-state index in [0.717, 1.165) is 5.56 Å². The van der Waals surface area contributed by atoms with E-state index < -0.39 is 11.7 Å². The summed E-state index contributed by atoms with van der Waals surface area (Å²) in [7, 11) is 1.57. The SMILES string of the molecule is COCC(C)N1CCN(C(=O)c2cc(Cc3n[nH]c(=O)c(C)c3C)ccc2F)CC1=O. The van der Waals surface area contributed by atoms with Crippen LogP contribution in [0.3, 0.4) is 0 Å². The molecule has 1 unspecified atom stereocenters. The molecular formula is C22H27FN4O4. The van der Waals surface area contributed by atoms with Gasteiger partial charge in [0, 0.05) is 32.2 Å². The number of H-pyrrole nitrogens is 1. The average molecular weight is 430 g/mol. The van der Waals surface area contributed by atoms with Crippen molar-refractivity contribution in [2.24, 2.45) is 0 Å². The Morgan fingerprint density at radius 2 is 2.00 bits per heavy atom. The van der Waals surface area contributed by atoms with Crippen molar-refractivity contribution in [1.29, 1.82) is 0 Å². The number of piperazine rings is 1. The number of amides is 2.